The van der Waals surface area contributed by atoms with Crippen LogP contribution in [0.2, 0.25) is 5.02 Å². The van der Waals surface area contributed by atoms with Crippen LogP contribution >= 0.6 is 11.6 Å². The molecule has 0 saturated carbocycles. The zero-order valence-electron chi connectivity index (χ0n) is 9.91. The van der Waals surface area contributed by atoms with Gasteiger partial charge in [-0.05, 0) is 43.5 Å². The molecule has 1 rings (SSSR count). The first kappa shape index (κ1) is 13.5. The molecular formula is C13H20ClNO. The lowest BCUT2D eigenvalue weighted by Crippen LogP contribution is -2.24. The Balaban J connectivity index is 2.40. The summed E-state index contributed by atoms with van der Waals surface area (Å²) in [5, 5.41) is 13.0. The second-order valence-electron chi connectivity index (χ2n) is 4.30. The van der Waals surface area contributed by atoms with Crippen LogP contribution < -0.4 is 5.32 Å². The molecule has 0 aliphatic rings. The molecule has 0 spiro atoms. The van der Waals surface area contributed by atoms with Crippen LogP contribution in [0.1, 0.15) is 31.9 Å². The van der Waals surface area contributed by atoms with Gasteiger partial charge in [-0.25, -0.2) is 0 Å². The molecule has 0 saturated heterocycles. The van der Waals surface area contributed by atoms with Crippen molar-refractivity contribution < 1.29 is 5.11 Å². The van der Waals surface area contributed by atoms with Crippen molar-refractivity contribution >= 4 is 11.6 Å². The minimum absolute atomic E-state index is 0.262. The number of benzene rings is 1. The fourth-order valence-corrected chi connectivity index (χ4v) is 1.70. The summed E-state index contributed by atoms with van der Waals surface area (Å²) in [5.74, 6) is 0.500. The van der Waals surface area contributed by atoms with E-state index >= 15 is 0 Å². The van der Waals surface area contributed by atoms with E-state index in [9.17, 15) is 0 Å². The number of halogens is 1. The van der Waals surface area contributed by atoms with Crippen molar-refractivity contribution in [3.63, 3.8) is 0 Å². The van der Waals surface area contributed by atoms with Gasteiger partial charge in [-0.15, -0.1) is 0 Å². The van der Waals surface area contributed by atoms with Gasteiger partial charge in [-0.1, -0.05) is 30.7 Å². The average Bonchev–Trinajstić information content (AvgIpc) is 2.27. The summed E-state index contributed by atoms with van der Waals surface area (Å²) in [4.78, 5) is 0. The highest BCUT2D eigenvalue weighted by molar-refractivity contribution is 6.30. The summed E-state index contributed by atoms with van der Waals surface area (Å²) in [6.07, 6.45) is 0.848. The van der Waals surface area contributed by atoms with Crippen LogP contribution in [0.5, 0.6) is 0 Å². The molecule has 16 heavy (non-hydrogen) atoms. The third-order valence-corrected chi connectivity index (χ3v) is 3.02. The average molecular weight is 242 g/mol. The molecule has 0 radical (unpaired) electrons. The first-order valence-electron chi connectivity index (χ1n) is 5.73. The van der Waals surface area contributed by atoms with Crippen molar-refractivity contribution in [2.24, 2.45) is 5.92 Å². The lowest BCUT2D eigenvalue weighted by molar-refractivity contribution is 0.258. The van der Waals surface area contributed by atoms with Crippen LogP contribution in [0.15, 0.2) is 24.3 Å². The molecule has 3 heteroatoms. The summed E-state index contributed by atoms with van der Waals surface area (Å²) in [7, 11) is 0. The van der Waals surface area contributed by atoms with E-state index in [4.69, 9.17) is 16.7 Å². The highest BCUT2D eigenvalue weighted by atomic mass is 35.5. The molecule has 0 fully saturated rings. The Morgan fingerprint density at radius 2 is 1.88 bits per heavy atom. The number of aliphatic hydroxyl groups excluding tert-OH is 1. The molecule has 2 unspecified atom stereocenters. The Hall–Kier alpha value is -0.570. The first-order valence-corrected chi connectivity index (χ1v) is 6.11. The fourth-order valence-electron chi connectivity index (χ4n) is 1.57. The van der Waals surface area contributed by atoms with E-state index in [1.54, 1.807) is 0 Å². The molecular weight excluding hydrogens is 222 g/mol. The van der Waals surface area contributed by atoms with Crippen LogP contribution in [-0.4, -0.2) is 18.3 Å². The van der Waals surface area contributed by atoms with E-state index in [0.29, 0.717) is 12.0 Å². The summed E-state index contributed by atoms with van der Waals surface area (Å²) < 4.78 is 0. The summed E-state index contributed by atoms with van der Waals surface area (Å²) in [6.45, 7) is 5.45. The maximum atomic E-state index is 8.81. The fraction of sp³-hybridized carbons (Fsp3) is 0.538. The van der Waals surface area contributed by atoms with Gasteiger partial charge in [0.1, 0.15) is 0 Å². The molecule has 1 aromatic carbocycles. The molecule has 0 amide bonds. The zero-order chi connectivity index (χ0) is 12.0. The van der Waals surface area contributed by atoms with Crippen molar-refractivity contribution in [2.75, 3.05) is 13.2 Å². The predicted octanol–water partition coefficient (Wildman–Crippen LogP) is 3.01. The standard InChI is InChI=1S/C13H20ClNO/c1-10(7-8-16)9-15-11(2)12-3-5-13(14)6-4-12/h3-6,10-11,15-16H,7-9H2,1-2H3. The molecule has 0 aliphatic heterocycles. The lowest BCUT2D eigenvalue weighted by Gasteiger charge is -2.17. The van der Waals surface area contributed by atoms with E-state index in [-0.39, 0.29) is 6.61 Å². The topological polar surface area (TPSA) is 32.3 Å². The minimum atomic E-state index is 0.262. The van der Waals surface area contributed by atoms with Crippen LogP contribution in [0, 0.1) is 5.92 Å². The second-order valence-corrected chi connectivity index (χ2v) is 4.74. The largest absolute Gasteiger partial charge is 0.396 e. The van der Waals surface area contributed by atoms with Crippen molar-refractivity contribution in [1.29, 1.82) is 0 Å². The molecule has 90 valence electrons. The van der Waals surface area contributed by atoms with Crippen LogP contribution in [0.25, 0.3) is 0 Å². The van der Waals surface area contributed by atoms with Gasteiger partial charge in [0, 0.05) is 17.7 Å². The Labute approximate surface area is 103 Å². The zero-order valence-corrected chi connectivity index (χ0v) is 10.7. The van der Waals surface area contributed by atoms with Crippen LogP contribution in [0.3, 0.4) is 0 Å². The molecule has 0 heterocycles. The number of rotatable bonds is 6. The third kappa shape index (κ3) is 4.52. The quantitative estimate of drug-likeness (QED) is 0.803. The number of nitrogens with one attached hydrogen (secondary N) is 1. The number of aliphatic hydroxyl groups is 1. The van der Waals surface area contributed by atoms with Crippen molar-refractivity contribution in [2.45, 2.75) is 26.3 Å². The van der Waals surface area contributed by atoms with Gasteiger partial charge < -0.3 is 10.4 Å². The van der Waals surface area contributed by atoms with E-state index in [2.05, 4.69) is 19.2 Å². The van der Waals surface area contributed by atoms with Crippen molar-refractivity contribution in [3.8, 4) is 0 Å². The minimum Gasteiger partial charge on any atom is -0.396 e. The first-order chi connectivity index (χ1) is 7.63. The van der Waals surface area contributed by atoms with E-state index in [0.717, 1.165) is 18.0 Å². The number of hydrogen-bond acceptors (Lipinski definition) is 2. The summed E-state index contributed by atoms with van der Waals surface area (Å²) in [6, 6.07) is 8.21. The normalized spacial score (nSPS) is 14.8. The molecule has 2 N–H and O–H groups in total. The van der Waals surface area contributed by atoms with Gasteiger partial charge in [-0.2, -0.15) is 0 Å². The Bertz CT molecular complexity index is 299. The third-order valence-electron chi connectivity index (χ3n) is 2.76. The maximum absolute atomic E-state index is 8.81. The Morgan fingerprint density at radius 1 is 1.25 bits per heavy atom. The molecule has 0 bridgehead atoms. The molecule has 2 atom stereocenters. The maximum Gasteiger partial charge on any atom is 0.0434 e. The molecule has 0 aromatic heterocycles. The smallest absolute Gasteiger partial charge is 0.0434 e. The monoisotopic (exact) mass is 241 g/mol. The predicted molar refractivity (Wildman–Crippen MR) is 68.7 cm³/mol. The van der Waals surface area contributed by atoms with Crippen LogP contribution in [-0.2, 0) is 0 Å². The van der Waals surface area contributed by atoms with E-state index in [1.165, 1.54) is 5.56 Å². The van der Waals surface area contributed by atoms with Gasteiger partial charge in [0.05, 0.1) is 0 Å². The van der Waals surface area contributed by atoms with Crippen LogP contribution in [0.4, 0.5) is 0 Å². The lowest BCUT2D eigenvalue weighted by atomic mass is 10.1. The molecule has 1 aromatic rings. The second kappa shape index (κ2) is 6.89. The van der Waals surface area contributed by atoms with Gasteiger partial charge in [-0.3, -0.25) is 0 Å². The molecule has 2 nitrogen and oxygen atoms in total. The van der Waals surface area contributed by atoms with Gasteiger partial charge in [0.2, 0.25) is 0 Å². The SMILES string of the molecule is CC(CCO)CNC(C)c1ccc(Cl)cc1. The Morgan fingerprint density at radius 3 is 2.44 bits per heavy atom. The summed E-state index contributed by atoms with van der Waals surface area (Å²) in [5.41, 5.74) is 1.24. The number of hydrogen-bond donors (Lipinski definition) is 2. The van der Waals surface area contributed by atoms with Crippen molar-refractivity contribution in [3.05, 3.63) is 34.9 Å². The van der Waals surface area contributed by atoms with E-state index in [1.807, 2.05) is 24.3 Å². The van der Waals surface area contributed by atoms with Gasteiger partial charge in [0.25, 0.3) is 0 Å². The summed E-state index contributed by atoms with van der Waals surface area (Å²) >= 11 is 5.84. The highest BCUT2D eigenvalue weighted by Crippen LogP contribution is 2.16. The van der Waals surface area contributed by atoms with Gasteiger partial charge >= 0.3 is 0 Å². The Kier molecular flexibility index (Phi) is 5.81. The van der Waals surface area contributed by atoms with E-state index < -0.39 is 0 Å². The van der Waals surface area contributed by atoms with Crippen molar-refractivity contribution in [1.82, 2.24) is 5.32 Å². The highest BCUT2D eigenvalue weighted by Gasteiger charge is 2.07. The molecule has 0 aliphatic carbocycles. The van der Waals surface area contributed by atoms with Gasteiger partial charge in [0.15, 0.2) is 0 Å².